The highest BCUT2D eigenvalue weighted by Crippen LogP contribution is 2.52. The zero-order valence-corrected chi connectivity index (χ0v) is 82.8. The smallest absolute Gasteiger partial charge is 0.129 e. The van der Waals surface area contributed by atoms with Crippen molar-refractivity contribution in [2.75, 3.05) is 26.2 Å². The van der Waals surface area contributed by atoms with Crippen LogP contribution in [0.5, 0.6) is 0 Å². The van der Waals surface area contributed by atoms with Crippen LogP contribution in [0.2, 0.25) is 0 Å². The third-order valence-electron chi connectivity index (χ3n) is 17.3. The first-order valence-electron chi connectivity index (χ1n) is 41.3. The highest BCUT2D eigenvalue weighted by Gasteiger charge is 2.46. The number of aliphatic imine (C=N–C) groups is 4. The molecular formula is C98H184N8O4. The lowest BCUT2D eigenvalue weighted by atomic mass is 9.71. The summed E-state index contributed by atoms with van der Waals surface area (Å²) in [5.74, 6) is 0. The molecule has 0 aliphatic heterocycles. The largest absolute Gasteiger partial charge is 0.390 e. The monoisotopic (exact) mass is 1540 g/mol. The summed E-state index contributed by atoms with van der Waals surface area (Å²) in [5.41, 5.74) is 12.0. The first-order valence-corrected chi connectivity index (χ1v) is 41.3. The third kappa shape index (κ3) is 60.6. The molecule has 0 aromatic heterocycles. The number of hydrogen-bond donors (Lipinski definition) is 0. The average molecular weight is 1540 g/mol. The molecule has 2 aromatic rings. The molecule has 0 bridgehead atoms. The lowest BCUT2D eigenvalue weighted by Crippen LogP contribution is -2.25. The molecule has 640 valence electrons. The van der Waals surface area contributed by atoms with Crippen LogP contribution < -0.4 is 0 Å². The zero-order chi connectivity index (χ0) is 88.2. The van der Waals surface area contributed by atoms with E-state index in [0.717, 1.165) is 56.0 Å². The second kappa shape index (κ2) is 43.6. The van der Waals surface area contributed by atoms with Crippen LogP contribution in [-0.4, -0.2) is 95.3 Å². The maximum Gasteiger partial charge on any atom is 0.129 e. The molecule has 12 heteroatoms. The second-order valence-corrected chi connectivity index (χ2v) is 48.7. The van der Waals surface area contributed by atoms with Crippen LogP contribution in [0.15, 0.2) is 101 Å². The molecule has 12 nitrogen and oxygen atoms in total. The Labute approximate surface area is 684 Å². The van der Waals surface area contributed by atoms with Gasteiger partial charge in [-0.15, -0.1) is 0 Å². The van der Waals surface area contributed by atoms with Gasteiger partial charge in [0.25, 0.3) is 0 Å². The van der Waals surface area contributed by atoms with Crippen molar-refractivity contribution in [1.29, 1.82) is 0 Å². The van der Waals surface area contributed by atoms with E-state index in [-0.39, 0.29) is 60.3 Å². The van der Waals surface area contributed by atoms with Gasteiger partial charge in [0.2, 0.25) is 0 Å². The van der Waals surface area contributed by atoms with Gasteiger partial charge in [0, 0.05) is 77.4 Å². The molecule has 110 heavy (non-hydrogen) atoms. The number of benzene rings is 2. The summed E-state index contributed by atoms with van der Waals surface area (Å²) in [6.07, 6.45) is 8.31. The van der Waals surface area contributed by atoms with Crippen LogP contribution in [0.25, 0.3) is 0 Å². The van der Waals surface area contributed by atoms with Gasteiger partial charge in [-0.25, -0.2) is 0 Å². The highest BCUT2D eigenvalue weighted by molar-refractivity contribution is 6.04. The molecule has 0 unspecified atom stereocenters. The summed E-state index contributed by atoms with van der Waals surface area (Å²) < 4.78 is 0. The molecule has 2 aliphatic rings. The van der Waals surface area contributed by atoms with Gasteiger partial charge < -0.3 is 19.4 Å². The van der Waals surface area contributed by atoms with E-state index >= 15 is 0 Å². The summed E-state index contributed by atoms with van der Waals surface area (Å²) in [5, 5.41) is 16.6. The van der Waals surface area contributed by atoms with Crippen LogP contribution >= 0.6 is 0 Å². The Kier molecular flexibility index (Phi) is 44.2. The van der Waals surface area contributed by atoms with E-state index in [9.17, 15) is 0 Å². The molecule has 0 radical (unpaired) electrons. The molecule has 0 N–H and O–H groups in total. The molecule has 0 spiro atoms. The van der Waals surface area contributed by atoms with E-state index in [0.29, 0.717) is 37.9 Å². The molecule has 4 rings (SSSR count). The summed E-state index contributed by atoms with van der Waals surface area (Å²) in [6.45, 7) is 116. The number of oxime groups is 4. The maximum atomic E-state index is 5.56. The normalized spacial score (nSPS) is 16.9. The van der Waals surface area contributed by atoms with Gasteiger partial charge in [0.05, 0.1) is 17.1 Å². The van der Waals surface area contributed by atoms with E-state index in [1.165, 1.54) is 41.3 Å². The Balaban J connectivity index is -0.000000587. The van der Waals surface area contributed by atoms with Crippen molar-refractivity contribution < 1.29 is 19.4 Å². The average Bonchev–Trinajstić information content (AvgIpc) is 1.64. The number of rotatable bonds is 10. The Morgan fingerprint density at radius 1 is 0.318 bits per heavy atom. The van der Waals surface area contributed by atoms with Gasteiger partial charge in [0.15, 0.2) is 0 Å². The van der Waals surface area contributed by atoms with Crippen molar-refractivity contribution in [2.45, 2.75) is 408 Å². The lowest BCUT2D eigenvalue weighted by Gasteiger charge is -2.33. The molecule has 2 aliphatic carbocycles. The molecule has 0 amide bonds. The van der Waals surface area contributed by atoms with Gasteiger partial charge in [-0.1, -0.05) is 344 Å². The lowest BCUT2D eigenvalue weighted by molar-refractivity contribution is -0.000772. The molecule has 0 saturated heterocycles. The van der Waals surface area contributed by atoms with Crippen LogP contribution in [0.4, 0.5) is 0 Å². The Bertz CT molecular complexity index is 2900. The Hall–Kier alpha value is -5.00. The topological polar surface area (TPSA) is 136 Å². The van der Waals surface area contributed by atoms with Gasteiger partial charge in [-0.3, -0.25) is 20.0 Å². The highest BCUT2D eigenvalue weighted by atomic mass is 16.7. The molecule has 0 atom stereocenters. The van der Waals surface area contributed by atoms with Crippen molar-refractivity contribution in [3.8, 4) is 0 Å². The predicted octanol–water partition coefficient (Wildman–Crippen LogP) is 29.9. The Morgan fingerprint density at radius 3 is 0.909 bits per heavy atom. The fraction of sp³-hybridized carbons (Fsp3) is 0.796. The zero-order valence-electron chi connectivity index (χ0n) is 82.8. The van der Waals surface area contributed by atoms with E-state index in [1.807, 2.05) is 127 Å². The van der Waals surface area contributed by atoms with Crippen LogP contribution in [-0.2, 0) is 19.4 Å². The SMILES string of the molecule is C/C(=N\OC(C)(C)C)C(C)(C)C.CC(=NCC(C)(C)C)C(C)(C)C.CC(C)(C)/C=N/OC(C)(C)C.CC(C)(C)C=NCC(C)(C)C.CC(C)(C)CN=C(c1ccccc1)C(C)(C)C.CC(C)(C)CN=C1CC(C)(C)C(C)(C)C1.CC(C)(C)O/N=C(\c1ccccc1)C(C)(C)C.CC(C)(C)ON=C1CC(C)(C)C(C)(C)C1. The van der Waals surface area contributed by atoms with E-state index < -0.39 is 0 Å². The minimum absolute atomic E-state index is 0.0351. The van der Waals surface area contributed by atoms with Gasteiger partial charge in [-0.05, 0) is 188 Å². The van der Waals surface area contributed by atoms with Gasteiger partial charge in [0.1, 0.15) is 22.4 Å². The van der Waals surface area contributed by atoms with Crippen molar-refractivity contribution in [3.05, 3.63) is 71.8 Å². The van der Waals surface area contributed by atoms with E-state index in [1.54, 1.807) is 0 Å². The van der Waals surface area contributed by atoms with Gasteiger partial charge >= 0.3 is 0 Å². The van der Waals surface area contributed by atoms with E-state index in [4.69, 9.17) is 29.3 Å². The first kappa shape index (κ1) is 111. The molecule has 2 aromatic carbocycles. The van der Waals surface area contributed by atoms with Crippen LogP contribution in [0.3, 0.4) is 0 Å². The minimum Gasteiger partial charge on any atom is -0.390 e. The van der Waals surface area contributed by atoms with Crippen molar-refractivity contribution in [3.63, 3.8) is 0 Å². The summed E-state index contributed by atoms with van der Waals surface area (Å²) in [7, 11) is 0. The Morgan fingerprint density at radius 2 is 0.618 bits per heavy atom. The fourth-order valence-corrected chi connectivity index (χ4v) is 8.80. The van der Waals surface area contributed by atoms with Crippen molar-refractivity contribution in [1.82, 2.24) is 0 Å². The summed E-state index contributed by atoms with van der Waals surface area (Å²) >= 11 is 0. The maximum absolute atomic E-state index is 5.56. The van der Waals surface area contributed by atoms with Crippen LogP contribution in [0, 0.1) is 75.8 Å². The van der Waals surface area contributed by atoms with E-state index in [2.05, 4.69) is 337 Å². The summed E-state index contributed by atoms with van der Waals surface area (Å²) in [6, 6.07) is 20.7. The summed E-state index contributed by atoms with van der Waals surface area (Å²) in [4.78, 5) is 40.2. The van der Waals surface area contributed by atoms with Crippen molar-refractivity contribution in [2.24, 2.45) is 116 Å². The van der Waals surface area contributed by atoms with Crippen LogP contribution in [0.1, 0.15) is 397 Å². The minimum atomic E-state index is -0.259. The standard InChI is InChI=1S/C16H25N.C15H23NO.C14H27N.C13H25NO.C11H23N.C10H21NO.C10H21N.C9H19NO/c1-15(2,3)12-17-14(16(4,5)6)13-10-8-7-9-11-13;1-14(2,3)13(16-17-15(4,5)6)12-10-8-7-9-11-12;1-12(2,3)10-15-11-8-13(4,5)14(6,7)9-11;1-11(2,3)15-14-10-8-12(4,5)13(6,7)9-10;1-9(11(5,6)7)12-8-10(2,3)4;1-8(9(2,3)4)11-12-10(5,6)7;1-9(2,3)7-11-8-10(4,5)6;1-8(2,3)7-10-11-9(4,5)6/h7-11H,12H2,1-6H3;7-11H,1-6H3;8-10H2,1-7H3;8-9H2,1-7H3;8H2,1-7H3;1-7H3;7H,8H2,1-6H3;7H,1-6H3/b;16-13+;;;;11-8+;;10-7+. The van der Waals surface area contributed by atoms with Crippen molar-refractivity contribution >= 4 is 46.7 Å². The molecule has 2 fully saturated rings. The first-order chi connectivity index (χ1) is 48.1. The molecule has 2 saturated carbocycles. The molecule has 0 heterocycles. The predicted molar refractivity (Wildman–Crippen MR) is 495 cm³/mol. The number of hydrogen-bond acceptors (Lipinski definition) is 12. The molecular weight excluding hydrogens is 1350 g/mol. The van der Waals surface area contributed by atoms with Gasteiger partial charge in [-0.2, -0.15) is 0 Å². The number of nitrogens with zero attached hydrogens (tertiary/aromatic N) is 8. The second-order valence-electron chi connectivity index (χ2n) is 48.7. The quantitative estimate of drug-likeness (QED) is 0.173. The fourth-order valence-electron chi connectivity index (χ4n) is 8.80. The third-order valence-corrected chi connectivity index (χ3v) is 17.3.